The van der Waals surface area contributed by atoms with Crippen LogP contribution in [0.15, 0.2) is 24.3 Å². The van der Waals surface area contributed by atoms with E-state index in [0.717, 1.165) is 17.0 Å². The van der Waals surface area contributed by atoms with E-state index in [2.05, 4.69) is 5.10 Å². The Labute approximate surface area is 111 Å². The van der Waals surface area contributed by atoms with Gasteiger partial charge in [-0.25, -0.2) is 4.68 Å². The molecule has 1 atom stereocenters. The van der Waals surface area contributed by atoms with Gasteiger partial charge in [-0.1, -0.05) is 23.7 Å². The second kappa shape index (κ2) is 4.90. The molecule has 0 amide bonds. The zero-order valence-corrected chi connectivity index (χ0v) is 11.4. The Kier molecular flexibility index (Phi) is 3.48. The smallest absolute Gasteiger partial charge is 0.141 e. The SMILES string of the molecule is COc1ccc(C(C)n2nc(C)c(Cl)c2N)cc1. The van der Waals surface area contributed by atoms with E-state index < -0.39 is 0 Å². The summed E-state index contributed by atoms with van der Waals surface area (Å²) < 4.78 is 6.87. The van der Waals surface area contributed by atoms with Crippen LogP contribution in [0.25, 0.3) is 0 Å². The quantitative estimate of drug-likeness (QED) is 0.928. The lowest BCUT2D eigenvalue weighted by atomic mass is 10.1. The first-order valence-corrected chi connectivity index (χ1v) is 6.06. The third kappa shape index (κ3) is 2.16. The molecule has 0 saturated heterocycles. The van der Waals surface area contributed by atoms with Crippen molar-refractivity contribution in [3.8, 4) is 5.75 Å². The van der Waals surface area contributed by atoms with Crippen molar-refractivity contribution >= 4 is 17.4 Å². The molecule has 1 aromatic heterocycles. The highest BCUT2D eigenvalue weighted by atomic mass is 35.5. The summed E-state index contributed by atoms with van der Waals surface area (Å²) in [5, 5.41) is 4.88. The van der Waals surface area contributed by atoms with Crippen molar-refractivity contribution in [1.29, 1.82) is 0 Å². The van der Waals surface area contributed by atoms with Gasteiger partial charge in [-0.15, -0.1) is 0 Å². The minimum atomic E-state index is 0.0297. The van der Waals surface area contributed by atoms with Gasteiger partial charge in [0.15, 0.2) is 0 Å². The van der Waals surface area contributed by atoms with Crippen molar-refractivity contribution in [2.75, 3.05) is 12.8 Å². The van der Waals surface area contributed by atoms with Crippen LogP contribution in [-0.2, 0) is 0 Å². The fourth-order valence-electron chi connectivity index (χ4n) is 1.86. The molecule has 0 spiro atoms. The van der Waals surface area contributed by atoms with Crippen LogP contribution in [0.1, 0.15) is 24.2 Å². The molecule has 0 aliphatic rings. The minimum absolute atomic E-state index is 0.0297. The molecule has 2 rings (SSSR count). The zero-order valence-electron chi connectivity index (χ0n) is 10.6. The summed E-state index contributed by atoms with van der Waals surface area (Å²) in [5.74, 6) is 1.33. The number of nitrogen functional groups attached to an aromatic ring is 1. The second-order valence-electron chi connectivity index (χ2n) is 4.18. The van der Waals surface area contributed by atoms with E-state index in [4.69, 9.17) is 22.1 Å². The first kappa shape index (κ1) is 12.8. The molecule has 5 heteroatoms. The number of halogens is 1. The number of anilines is 1. The highest BCUT2D eigenvalue weighted by Crippen LogP contribution is 2.28. The first-order chi connectivity index (χ1) is 8.54. The van der Waals surface area contributed by atoms with Crippen molar-refractivity contribution in [2.24, 2.45) is 0 Å². The molecule has 0 aliphatic heterocycles. The van der Waals surface area contributed by atoms with E-state index in [1.165, 1.54) is 0 Å². The summed E-state index contributed by atoms with van der Waals surface area (Å²) in [6.45, 7) is 3.87. The number of methoxy groups -OCH3 is 1. The van der Waals surface area contributed by atoms with E-state index in [1.54, 1.807) is 11.8 Å². The number of aryl methyl sites for hydroxylation is 1. The minimum Gasteiger partial charge on any atom is -0.497 e. The molecule has 0 aliphatic carbocycles. The molecule has 0 radical (unpaired) electrons. The van der Waals surface area contributed by atoms with Gasteiger partial charge in [0.05, 0.1) is 18.8 Å². The van der Waals surface area contributed by atoms with E-state index >= 15 is 0 Å². The van der Waals surface area contributed by atoms with Crippen LogP contribution in [0.4, 0.5) is 5.82 Å². The number of ether oxygens (including phenoxy) is 1. The monoisotopic (exact) mass is 265 g/mol. The molecule has 0 saturated carbocycles. The number of nitrogens with zero attached hydrogens (tertiary/aromatic N) is 2. The van der Waals surface area contributed by atoms with Gasteiger partial charge >= 0.3 is 0 Å². The number of hydrogen-bond donors (Lipinski definition) is 1. The fourth-order valence-corrected chi connectivity index (χ4v) is 1.99. The molecular formula is C13H16ClN3O. The van der Waals surface area contributed by atoms with Gasteiger partial charge in [0.2, 0.25) is 0 Å². The third-order valence-electron chi connectivity index (χ3n) is 3.01. The molecule has 0 bridgehead atoms. The number of aromatic nitrogens is 2. The number of benzene rings is 1. The normalized spacial score (nSPS) is 12.4. The van der Waals surface area contributed by atoms with E-state index in [0.29, 0.717) is 10.8 Å². The van der Waals surface area contributed by atoms with Crippen molar-refractivity contribution in [3.05, 3.63) is 40.5 Å². The topological polar surface area (TPSA) is 53.1 Å². The summed E-state index contributed by atoms with van der Waals surface area (Å²) in [7, 11) is 1.65. The lowest BCUT2D eigenvalue weighted by Gasteiger charge is -2.14. The van der Waals surface area contributed by atoms with Crippen molar-refractivity contribution in [1.82, 2.24) is 9.78 Å². The summed E-state index contributed by atoms with van der Waals surface area (Å²) in [4.78, 5) is 0. The van der Waals surface area contributed by atoms with Crippen LogP contribution in [-0.4, -0.2) is 16.9 Å². The molecule has 18 heavy (non-hydrogen) atoms. The molecule has 4 nitrogen and oxygen atoms in total. The van der Waals surface area contributed by atoms with Gasteiger partial charge in [0.25, 0.3) is 0 Å². The molecule has 1 heterocycles. The molecule has 2 N–H and O–H groups in total. The second-order valence-corrected chi connectivity index (χ2v) is 4.56. The molecule has 96 valence electrons. The Morgan fingerprint density at radius 3 is 2.39 bits per heavy atom. The maximum atomic E-state index is 6.05. The molecule has 0 fully saturated rings. The lowest BCUT2D eigenvalue weighted by molar-refractivity contribution is 0.414. The maximum absolute atomic E-state index is 6.05. The number of hydrogen-bond acceptors (Lipinski definition) is 3. The Hall–Kier alpha value is -1.68. The zero-order chi connectivity index (χ0) is 13.3. The van der Waals surface area contributed by atoms with Gasteiger partial charge in [0.1, 0.15) is 16.6 Å². The third-order valence-corrected chi connectivity index (χ3v) is 3.48. The van der Waals surface area contributed by atoms with Crippen LogP contribution in [0.3, 0.4) is 0 Å². The standard InChI is InChI=1S/C13H16ClN3O/c1-8-12(14)13(15)17(16-8)9(2)10-4-6-11(18-3)7-5-10/h4-7,9H,15H2,1-3H3. The average Bonchev–Trinajstić information content (AvgIpc) is 2.66. The Morgan fingerprint density at radius 1 is 1.33 bits per heavy atom. The molecular weight excluding hydrogens is 250 g/mol. The predicted octanol–water partition coefficient (Wildman–Crippen LogP) is 3.05. The summed E-state index contributed by atoms with van der Waals surface area (Å²) in [5.41, 5.74) is 7.79. The maximum Gasteiger partial charge on any atom is 0.141 e. The van der Waals surface area contributed by atoms with E-state index in [9.17, 15) is 0 Å². The van der Waals surface area contributed by atoms with Crippen LogP contribution in [0.2, 0.25) is 5.02 Å². The lowest BCUT2D eigenvalue weighted by Crippen LogP contribution is -2.11. The van der Waals surface area contributed by atoms with Gasteiger partial charge in [0, 0.05) is 0 Å². The number of rotatable bonds is 3. The Bertz CT molecular complexity index is 548. The Balaban J connectivity index is 2.34. The summed E-state index contributed by atoms with van der Waals surface area (Å²) in [6, 6.07) is 7.85. The van der Waals surface area contributed by atoms with E-state index in [-0.39, 0.29) is 6.04 Å². The van der Waals surface area contributed by atoms with Gasteiger partial charge in [-0.05, 0) is 31.5 Å². The van der Waals surface area contributed by atoms with Crippen LogP contribution >= 0.6 is 11.6 Å². The molecule has 1 aromatic carbocycles. The number of nitrogens with two attached hydrogens (primary N) is 1. The molecule has 2 aromatic rings. The van der Waals surface area contributed by atoms with Gasteiger partial charge in [-0.2, -0.15) is 5.10 Å². The highest BCUT2D eigenvalue weighted by molar-refractivity contribution is 6.33. The summed E-state index contributed by atoms with van der Waals surface area (Å²) in [6.07, 6.45) is 0. The Morgan fingerprint density at radius 2 is 1.94 bits per heavy atom. The van der Waals surface area contributed by atoms with Crippen molar-refractivity contribution in [2.45, 2.75) is 19.9 Å². The van der Waals surface area contributed by atoms with Gasteiger partial charge < -0.3 is 10.5 Å². The van der Waals surface area contributed by atoms with Crippen LogP contribution < -0.4 is 10.5 Å². The largest absolute Gasteiger partial charge is 0.497 e. The molecule has 1 unspecified atom stereocenters. The first-order valence-electron chi connectivity index (χ1n) is 5.68. The van der Waals surface area contributed by atoms with E-state index in [1.807, 2.05) is 38.1 Å². The fraction of sp³-hybridized carbons (Fsp3) is 0.308. The van der Waals surface area contributed by atoms with Gasteiger partial charge in [-0.3, -0.25) is 0 Å². The van der Waals surface area contributed by atoms with Crippen LogP contribution in [0.5, 0.6) is 5.75 Å². The van der Waals surface area contributed by atoms with Crippen molar-refractivity contribution in [3.63, 3.8) is 0 Å². The predicted molar refractivity (Wildman–Crippen MR) is 73.2 cm³/mol. The summed E-state index contributed by atoms with van der Waals surface area (Å²) >= 11 is 6.05. The van der Waals surface area contributed by atoms with Crippen molar-refractivity contribution < 1.29 is 4.74 Å². The highest BCUT2D eigenvalue weighted by Gasteiger charge is 2.16. The average molecular weight is 266 g/mol. The van der Waals surface area contributed by atoms with Crippen LogP contribution in [0, 0.1) is 6.92 Å².